The second-order valence-electron chi connectivity index (χ2n) is 3.20. The third-order valence-electron chi connectivity index (χ3n) is 1.80. The van der Waals surface area contributed by atoms with E-state index in [2.05, 4.69) is 15.0 Å². The fourth-order valence-electron chi connectivity index (χ4n) is 1.06. The van der Waals surface area contributed by atoms with Crippen LogP contribution >= 0.6 is 0 Å². The van der Waals surface area contributed by atoms with Gasteiger partial charge in [0.05, 0.1) is 0 Å². The minimum absolute atomic E-state index is 0.100. The molecule has 1 rings (SSSR count). The molecule has 0 bridgehead atoms. The van der Waals surface area contributed by atoms with Crippen LogP contribution in [0.4, 0.5) is 4.79 Å². The summed E-state index contributed by atoms with van der Waals surface area (Å²) in [6, 6.07) is 4.11. The van der Waals surface area contributed by atoms with Crippen LogP contribution in [0, 0.1) is 0 Å². The number of esters is 1. The molecule has 0 aliphatic rings. The second-order valence-corrected chi connectivity index (χ2v) is 3.20. The molecule has 0 saturated carbocycles. The second kappa shape index (κ2) is 7.00. The van der Waals surface area contributed by atoms with Crippen molar-refractivity contribution in [3.63, 3.8) is 0 Å². The molecule has 0 saturated heterocycles. The van der Waals surface area contributed by atoms with Crippen LogP contribution in [0.25, 0.3) is 0 Å². The lowest BCUT2D eigenvalue weighted by molar-refractivity contribution is -0.123. The quantitative estimate of drug-likeness (QED) is 0.739. The normalized spacial score (nSPS) is 9.39. The van der Waals surface area contributed by atoms with E-state index in [0.717, 1.165) is 0 Å². The zero-order valence-electron chi connectivity index (χ0n) is 9.80. The summed E-state index contributed by atoms with van der Waals surface area (Å²) in [6.07, 6.45) is 1.44. The Morgan fingerprint density at radius 1 is 1.33 bits per heavy atom. The molecule has 0 aliphatic heterocycles. The van der Waals surface area contributed by atoms with Crippen molar-refractivity contribution >= 4 is 17.9 Å². The summed E-state index contributed by atoms with van der Waals surface area (Å²) in [5.74, 6) is -1.42. The molecule has 1 heterocycles. The van der Waals surface area contributed by atoms with Crippen molar-refractivity contribution in [2.45, 2.75) is 6.92 Å². The number of carbonyl (C=O) groups excluding carboxylic acids is 3. The zero-order chi connectivity index (χ0) is 13.4. The van der Waals surface area contributed by atoms with Gasteiger partial charge in [-0.05, 0) is 19.1 Å². The number of nitrogens with one attached hydrogen (secondary N) is 2. The lowest BCUT2D eigenvalue weighted by atomic mass is 10.3. The highest BCUT2D eigenvalue weighted by atomic mass is 16.5. The van der Waals surface area contributed by atoms with Crippen molar-refractivity contribution in [3.05, 3.63) is 30.1 Å². The van der Waals surface area contributed by atoms with Gasteiger partial charge in [-0.2, -0.15) is 0 Å². The Hall–Kier alpha value is -2.44. The summed E-state index contributed by atoms with van der Waals surface area (Å²) >= 11 is 0. The molecule has 96 valence electrons. The molecule has 0 aromatic carbocycles. The number of hydrogen-bond donors (Lipinski definition) is 2. The van der Waals surface area contributed by atoms with Crippen LogP contribution in [0.15, 0.2) is 24.4 Å². The van der Waals surface area contributed by atoms with Gasteiger partial charge in [-0.15, -0.1) is 0 Å². The van der Waals surface area contributed by atoms with Crippen LogP contribution in [-0.4, -0.2) is 36.0 Å². The number of ether oxygens (including phenoxy) is 1. The average Bonchev–Trinajstić information content (AvgIpc) is 2.37. The molecule has 3 amide bonds. The van der Waals surface area contributed by atoms with E-state index in [1.54, 1.807) is 19.1 Å². The van der Waals surface area contributed by atoms with Gasteiger partial charge < -0.3 is 10.1 Å². The maximum atomic E-state index is 11.4. The molecule has 0 aliphatic carbocycles. The van der Waals surface area contributed by atoms with Gasteiger partial charge in [-0.25, -0.2) is 14.6 Å². The Morgan fingerprint density at radius 2 is 2.11 bits per heavy atom. The van der Waals surface area contributed by atoms with Gasteiger partial charge in [0.2, 0.25) is 0 Å². The summed E-state index contributed by atoms with van der Waals surface area (Å²) in [5.41, 5.74) is 0.100. The number of hydrogen-bond acceptors (Lipinski definition) is 5. The number of pyridine rings is 1. The van der Waals surface area contributed by atoms with E-state index in [1.165, 1.54) is 12.3 Å². The Balaban J connectivity index is 2.35. The van der Waals surface area contributed by atoms with Crippen molar-refractivity contribution in [2.75, 3.05) is 13.2 Å². The lowest BCUT2D eigenvalue weighted by Crippen LogP contribution is -2.41. The standard InChI is InChI=1S/C11H13N3O4/c1-2-12-11(17)14-9(15)7-18-10(16)8-5-3-4-6-13-8/h3-6H,2,7H2,1H3,(H2,12,14,15,17). The predicted octanol–water partition coefficient (Wildman–Crippen LogP) is 0.0841. The smallest absolute Gasteiger partial charge is 0.357 e. The fourth-order valence-corrected chi connectivity index (χ4v) is 1.06. The summed E-state index contributed by atoms with van der Waals surface area (Å²) < 4.78 is 4.68. The topological polar surface area (TPSA) is 97.4 Å². The summed E-state index contributed by atoms with van der Waals surface area (Å²) in [6.45, 7) is 1.57. The van der Waals surface area contributed by atoms with E-state index in [4.69, 9.17) is 0 Å². The molecule has 2 N–H and O–H groups in total. The van der Waals surface area contributed by atoms with E-state index in [9.17, 15) is 14.4 Å². The van der Waals surface area contributed by atoms with E-state index >= 15 is 0 Å². The molecule has 0 spiro atoms. The maximum absolute atomic E-state index is 11.4. The first kappa shape index (κ1) is 13.6. The van der Waals surface area contributed by atoms with Gasteiger partial charge in [0, 0.05) is 12.7 Å². The lowest BCUT2D eigenvalue weighted by Gasteiger charge is -2.05. The zero-order valence-corrected chi connectivity index (χ0v) is 9.80. The molecule has 0 unspecified atom stereocenters. The van der Waals surface area contributed by atoms with Crippen LogP contribution in [0.1, 0.15) is 17.4 Å². The minimum atomic E-state index is -0.721. The summed E-state index contributed by atoms with van der Waals surface area (Å²) in [4.78, 5) is 37.3. The number of carbonyl (C=O) groups is 3. The Labute approximate surface area is 104 Å². The number of aromatic nitrogens is 1. The summed E-state index contributed by atoms with van der Waals surface area (Å²) in [7, 11) is 0. The summed E-state index contributed by atoms with van der Waals surface area (Å²) in [5, 5.41) is 4.37. The van der Waals surface area contributed by atoms with Gasteiger partial charge in [-0.1, -0.05) is 6.07 Å². The third kappa shape index (κ3) is 4.60. The van der Waals surface area contributed by atoms with Gasteiger partial charge >= 0.3 is 12.0 Å². The SMILES string of the molecule is CCNC(=O)NC(=O)COC(=O)c1ccccn1. The first-order valence-electron chi connectivity index (χ1n) is 5.29. The van der Waals surface area contributed by atoms with Crippen LogP contribution in [0.2, 0.25) is 0 Å². The van der Waals surface area contributed by atoms with Crippen molar-refractivity contribution in [1.82, 2.24) is 15.6 Å². The predicted molar refractivity (Wildman–Crippen MR) is 61.7 cm³/mol. The third-order valence-corrected chi connectivity index (χ3v) is 1.80. The largest absolute Gasteiger partial charge is 0.451 e. The van der Waals surface area contributed by atoms with Crippen LogP contribution < -0.4 is 10.6 Å². The van der Waals surface area contributed by atoms with Gasteiger partial charge in [0.25, 0.3) is 5.91 Å². The van der Waals surface area contributed by atoms with E-state index in [1.807, 2.05) is 5.32 Å². The highest BCUT2D eigenvalue weighted by Crippen LogP contribution is 1.96. The molecule has 0 radical (unpaired) electrons. The van der Waals surface area contributed by atoms with Crippen molar-refractivity contribution in [2.24, 2.45) is 0 Å². The molecule has 1 aromatic rings. The van der Waals surface area contributed by atoms with Crippen molar-refractivity contribution in [1.29, 1.82) is 0 Å². The maximum Gasteiger partial charge on any atom is 0.357 e. The average molecular weight is 251 g/mol. The molecular weight excluding hydrogens is 238 g/mol. The Kier molecular flexibility index (Phi) is 5.30. The van der Waals surface area contributed by atoms with E-state index in [-0.39, 0.29) is 5.69 Å². The van der Waals surface area contributed by atoms with Crippen LogP contribution in [0.5, 0.6) is 0 Å². The molecule has 18 heavy (non-hydrogen) atoms. The van der Waals surface area contributed by atoms with E-state index < -0.39 is 24.5 Å². The number of amides is 3. The van der Waals surface area contributed by atoms with Crippen LogP contribution in [0.3, 0.4) is 0 Å². The molecule has 0 fully saturated rings. The van der Waals surface area contributed by atoms with Gasteiger partial charge in [0.15, 0.2) is 6.61 Å². The molecule has 7 nitrogen and oxygen atoms in total. The van der Waals surface area contributed by atoms with Gasteiger partial charge in [-0.3, -0.25) is 10.1 Å². The van der Waals surface area contributed by atoms with Crippen LogP contribution in [-0.2, 0) is 9.53 Å². The van der Waals surface area contributed by atoms with Crippen molar-refractivity contribution < 1.29 is 19.1 Å². The monoisotopic (exact) mass is 251 g/mol. The van der Waals surface area contributed by atoms with E-state index in [0.29, 0.717) is 6.54 Å². The number of nitrogens with zero attached hydrogens (tertiary/aromatic N) is 1. The first-order chi connectivity index (χ1) is 8.63. The first-order valence-corrected chi connectivity index (χ1v) is 5.29. The number of urea groups is 1. The Bertz CT molecular complexity index is 433. The fraction of sp³-hybridized carbons (Fsp3) is 0.273. The Morgan fingerprint density at radius 3 is 2.72 bits per heavy atom. The molecule has 0 atom stereocenters. The molecule has 7 heteroatoms. The number of imide groups is 1. The minimum Gasteiger partial charge on any atom is -0.451 e. The highest BCUT2D eigenvalue weighted by molar-refractivity contribution is 5.96. The van der Waals surface area contributed by atoms with Crippen molar-refractivity contribution in [3.8, 4) is 0 Å². The van der Waals surface area contributed by atoms with Gasteiger partial charge in [0.1, 0.15) is 5.69 Å². The molecular formula is C11H13N3O4. The number of rotatable bonds is 4. The highest BCUT2D eigenvalue weighted by Gasteiger charge is 2.12. The molecule has 1 aromatic heterocycles.